The van der Waals surface area contributed by atoms with Crippen molar-refractivity contribution in [1.29, 1.82) is 0 Å². The molecule has 2 aliphatic rings. The SMILES string of the molecule is CCCCCCCCCCCCCN1CCC(C2CCN(C)CC2)CC1.Cl.Cl. The maximum absolute atomic E-state index is 2.76. The Bertz CT molecular complexity index is 325. The monoisotopic (exact) mass is 436 g/mol. The second-order valence-electron chi connectivity index (χ2n) is 9.36. The molecule has 2 nitrogen and oxygen atoms in total. The highest BCUT2D eigenvalue weighted by molar-refractivity contribution is 5.85. The van der Waals surface area contributed by atoms with Gasteiger partial charge in [0.25, 0.3) is 0 Å². The summed E-state index contributed by atoms with van der Waals surface area (Å²) in [7, 11) is 2.28. The van der Waals surface area contributed by atoms with Gasteiger partial charge in [-0.05, 0) is 83.7 Å². The number of hydrogen-bond acceptors (Lipinski definition) is 2. The van der Waals surface area contributed by atoms with Gasteiger partial charge in [0.2, 0.25) is 0 Å². The number of nitrogens with zero attached hydrogens (tertiary/aromatic N) is 2. The summed E-state index contributed by atoms with van der Waals surface area (Å²) < 4.78 is 0. The second kappa shape index (κ2) is 18.3. The van der Waals surface area contributed by atoms with Crippen LogP contribution in [0.5, 0.6) is 0 Å². The van der Waals surface area contributed by atoms with Crippen molar-refractivity contribution in [3.8, 4) is 0 Å². The maximum atomic E-state index is 2.76. The molecule has 0 saturated carbocycles. The Morgan fingerprint density at radius 1 is 0.571 bits per heavy atom. The fraction of sp³-hybridized carbons (Fsp3) is 1.00. The van der Waals surface area contributed by atoms with E-state index in [4.69, 9.17) is 0 Å². The molecule has 0 aromatic heterocycles. The Morgan fingerprint density at radius 3 is 1.43 bits per heavy atom. The smallest absolute Gasteiger partial charge is 0.00160 e. The quantitative estimate of drug-likeness (QED) is 0.281. The molecule has 170 valence electrons. The molecule has 2 rings (SSSR count). The number of rotatable bonds is 13. The summed E-state index contributed by atoms with van der Waals surface area (Å²) in [5.74, 6) is 2.08. The van der Waals surface area contributed by atoms with Gasteiger partial charge >= 0.3 is 0 Å². The van der Waals surface area contributed by atoms with E-state index >= 15 is 0 Å². The van der Waals surface area contributed by atoms with Crippen molar-refractivity contribution in [2.24, 2.45) is 11.8 Å². The van der Waals surface area contributed by atoms with Gasteiger partial charge < -0.3 is 9.80 Å². The largest absolute Gasteiger partial charge is 0.306 e. The maximum Gasteiger partial charge on any atom is -0.00160 e. The van der Waals surface area contributed by atoms with Crippen LogP contribution in [0.3, 0.4) is 0 Å². The van der Waals surface area contributed by atoms with Gasteiger partial charge in [0, 0.05) is 0 Å². The Balaban J connectivity index is 0.00000364. The van der Waals surface area contributed by atoms with E-state index in [0.29, 0.717) is 0 Å². The van der Waals surface area contributed by atoms with Gasteiger partial charge in [0.05, 0.1) is 0 Å². The normalized spacial score (nSPS) is 19.9. The molecule has 0 spiro atoms. The predicted molar refractivity (Wildman–Crippen MR) is 130 cm³/mol. The van der Waals surface area contributed by atoms with Crippen molar-refractivity contribution in [3.63, 3.8) is 0 Å². The van der Waals surface area contributed by atoms with Crippen LogP contribution in [0.15, 0.2) is 0 Å². The first kappa shape index (κ1) is 28.5. The number of hydrogen-bond donors (Lipinski definition) is 0. The number of unbranched alkanes of at least 4 members (excludes halogenated alkanes) is 10. The van der Waals surface area contributed by atoms with Crippen LogP contribution >= 0.6 is 24.8 Å². The fourth-order valence-electron chi connectivity index (χ4n) is 5.15. The first-order valence-electron chi connectivity index (χ1n) is 12.2. The van der Waals surface area contributed by atoms with E-state index in [1.165, 1.54) is 129 Å². The van der Waals surface area contributed by atoms with Gasteiger partial charge in [0.1, 0.15) is 0 Å². The summed E-state index contributed by atoms with van der Waals surface area (Å²) in [5.41, 5.74) is 0. The minimum atomic E-state index is 0. The van der Waals surface area contributed by atoms with Gasteiger partial charge in [-0.15, -0.1) is 24.8 Å². The molecule has 0 atom stereocenters. The minimum absolute atomic E-state index is 0. The lowest BCUT2D eigenvalue weighted by Gasteiger charge is -2.39. The van der Waals surface area contributed by atoms with Crippen molar-refractivity contribution < 1.29 is 0 Å². The van der Waals surface area contributed by atoms with Gasteiger partial charge in [-0.1, -0.05) is 71.1 Å². The molecule has 0 aromatic rings. The van der Waals surface area contributed by atoms with Crippen LogP contribution in [0.2, 0.25) is 0 Å². The van der Waals surface area contributed by atoms with Crippen molar-refractivity contribution in [1.82, 2.24) is 9.80 Å². The van der Waals surface area contributed by atoms with Crippen LogP contribution in [0.1, 0.15) is 103 Å². The summed E-state index contributed by atoms with van der Waals surface area (Å²) in [6.07, 6.45) is 21.9. The van der Waals surface area contributed by atoms with E-state index in [1.807, 2.05) is 0 Å². The van der Waals surface area contributed by atoms with E-state index in [1.54, 1.807) is 0 Å². The Kier molecular flexibility index (Phi) is 18.6. The van der Waals surface area contributed by atoms with E-state index in [0.717, 1.165) is 11.8 Å². The summed E-state index contributed by atoms with van der Waals surface area (Å²) in [6, 6.07) is 0. The Morgan fingerprint density at radius 2 is 0.964 bits per heavy atom. The van der Waals surface area contributed by atoms with Crippen LogP contribution in [-0.4, -0.2) is 49.6 Å². The molecule has 0 bridgehead atoms. The molecule has 28 heavy (non-hydrogen) atoms. The zero-order valence-corrected chi connectivity index (χ0v) is 20.6. The lowest BCUT2D eigenvalue weighted by molar-refractivity contribution is 0.104. The molecule has 0 aromatic carbocycles. The molecule has 4 heteroatoms. The summed E-state index contributed by atoms with van der Waals surface area (Å²) >= 11 is 0. The van der Waals surface area contributed by atoms with Crippen molar-refractivity contribution in [2.75, 3.05) is 39.8 Å². The predicted octanol–water partition coefficient (Wildman–Crippen LogP) is 7.19. The average Bonchev–Trinajstić information content (AvgIpc) is 2.67. The average molecular weight is 438 g/mol. The van der Waals surface area contributed by atoms with Crippen molar-refractivity contribution in [3.05, 3.63) is 0 Å². The molecule has 2 fully saturated rings. The lowest BCUT2D eigenvalue weighted by Crippen LogP contribution is -2.40. The minimum Gasteiger partial charge on any atom is -0.306 e. The van der Waals surface area contributed by atoms with Gasteiger partial charge in [0.15, 0.2) is 0 Å². The highest BCUT2D eigenvalue weighted by Crippen LogP contribution is 2.32. The highest BCUT2D eigenvalue weighted by atomic mass is 35.5. The fourth-order valence-corrected chi connectivity index (χ4v) is 5.15. The third kappa shape index (κ3) is 12.3. The molecule has 0 amide bonds. The number of likely N-dealkylation sites (tertiary alicyclic amines) is 2. The van der Waals surface area contributed by atoms with E-state index in [9.17, 15) is 0 Å². The summed E-state index contributed by atoms with van der Waals surface area (Å²) in [5, 5.41) is 0. The highest BCUT2D eigenvalue weighted by Gasteiger charge is 2.28. The summed E-state index contributed by atoms with van der Waals surface area (Å²) in [4.78, 5) is 5.28. The molecule has 2 aliphatic heterocycles. The van der Waals surface area contributed by atoms with Crippen LogP contribution in [0.4, 0.5) is 0 Å². The van der Waals surface area contributed by atoms with Crippen LogP contribution in [-0.2, 0) is 0 Å². The van der Waals surface area contributed by atoms with E-state index in [-0.39, 0.29) is 24.8 Å². The van der Waals surface area contributed by atoms with Crippen LogP contribution in [0, 0.1) is 11.8 Å². The topological polar surface area (TPSA) is 6.48 Å². The standard InChI is InChI=1S/C24H48N2.2ClH/c1-3-4-5-6-7-8-9-10-11-12-13-18-26-21-16-24(17-22-26)23-14-19-25(2)20-15-23;;/h23-24H,3-22H2,1-2H3;2*1H. The van der Waals surface area contributed by atoms with Gasteiger partial charge in [-0.25, -0.2) is 0 Å². The molecule has 0 unspecified atom stereocenters. The van der Waals surface area contributed by atoms with Crippen molar-refractivity contribution >= 4 is 24.8 Å². The molecule has 0 radical (unpaired) electrons. The Labute approximate surface area is 189 Å². The molecule has 2 saturated heterocycles. The number of halogens is 2. The zero-order chi connectivity index (χ0) is 18.5. The van der Waals surface area contributed by atoms with Gasteiger partial charge in [-0.2, -0.15) is 0 Å². The molecule has 0 N–H and O–H groups in total. The van der Waals surface area contributed by atoms with Crippen LogP contribution in [0.25, 0.3) is 0 Å². The number of piperidine rings is 2. The Hall–Kier alpha value is 0.500. The first-order chi connectivity index (χ1) is 12.8. The van der Waals surface area contributed by atoms with Crippen LogP contribution < -0.4 is 0 Å². The van der Waals surface area contributed by atoms with Gasteiger partial charge in [-0.3, -0.25) is 0 Å². The molecular formula is C24H50Cl2N2. The molecular weight excluding hydrogens is 387 g/mol. The third-order valence-corrected chi connectivity index (χ3v) is 7.14. The van der Waals surface area contributed by atoms with E-state index < -0.39 is 0 Å². The molecule has 0 aliphatic carbocycles. The third-order valence-electron chi connectivity index (χ3n) is 7.14. The van der Waals surface area contributed by atoms with Crippen molar-refractivity contribution in [2.45, 2.75) is 103 Å². The first-order valence-corrected chi connectivity index (χ1v) is 12.2. The lowest BCUT2D eigenvalue weighted by atomic mass is 9.79. The summed E-state index contributed by atoms with van der Waals surface area (Å²) in [6.45, 7) is 9.12. The zero-order valence-electron chi connectivity index (χ0n) is 19.0. The second-order valence-corrected chi connectivity index (χ2v) is 9.36. The molecule has 2 heterocycles. The van der Waals surface area contributed by atoms with E-state index in [2.05, 4.69) is 23.8 Å².